The molecule has 18 heavy (non-hydrogen) atoms. The van der Waals surface area contributed by atoms with Gasteiger partial charge in [0.25, 0.3) is 0 Å². The number of hydrogen-bond acceptors (Lipinski definition) is 1. The van der Waals surface area contributed by atoms with E-state index in [1.807, 2.05) is 25.1 Å². The fourth-order valence-electron chi connectivity index (χ4n) is 2.48. The molecule has 0 atom stereocenters. The van der Waals surface area contributed by atoms with E-state index < -0.39 is 0 Å². The quantitative estimate of drug-likeness (QED) is 0.681. The fourth-order valence-corrected chi connectivity index (χ4v) is 2.48. The molecule has 0 saturated heterocycles. The van der Waals surface area contributed by atoms with E-state index in [2.05, 4.69) is 29.7 Å². The van der Waals surface area contributed by atoms with Crippen molar-refractivity contribution in [3.8, 4) is 16.9 Å². The summed E-state index contributed by atoms with van der Waals surface area (Å²) >= 11 is 0. The molecule has 0 saturated carbocycles. The lowest BCUT2D eigenvalue weighted by molar-refractivity contribution is 0.475. The highest BCUT2D eigenvalue weighted by Gasteiger charge is 2.10. The van der Waals surface area contributed by atoms with Crippen molar-refractivity contribution in [2.75, 3.05) is 0 Å². The molecule has 2 heterocycles. The van der Waals surface area contributed by atoms with Crippen LogP contribution in [0, 0.1) is 13.8 Å². The van der Waals surface area contributed by atoms with E-state index in [1.54, 1.807) is 12.1 Å². The molecular formula is C16H15NO. The van der Waals surface area contributed by atoms with Gasteiger partial charge in [-0.1, -0.05) is 12.1 Å². The van der Waals surface area contributed by atoms with Crippen LogP contribution in [0.3, 0.4) is 0 Å². The van der Waals surface area contributed by atoms with Crippen LogP contribution in [0.4, 0.5) is 0 Å². The predicted molar refractivity (Wildman–Crippen MR) is 74.0 cm³/mol. The van der Waals surface area contributed by atoms with Gasteiger partial charge in [0.15, 0.2) is 0 Å². The number of rotatable bonds is 1. The summed E-state index contributed by atoms with van der Waals surface area (Å²) in [6, 6.07) is 13.9. The van der Waals surface area contributed by atoms with Crippen LogP contribution in [0.1, 0.15) is 11.3 Å². The molecule has 0 unspecified atom stereocenters. The highest BCUT2D eigenvalue weighted by molar-refractivity contribution is 5.76. The predicted octanol–water partition coefficient (Wildman–Crippen LogP) is 3.93. The molecule has 0 aliphatic heterocycles. The number of aryl methyl sites for hydroxylation is 2. The summed E-state index contributed by atoms with van der Waals surface area (Å²) < 4.78 is 2.18. The first kappa shape index (κ1) is 10.9. The third-order valence-electron chi connectivity index (χ3n) is 3.43. The van der Waals surface area contributed by atoms with Crippen molar-refractivity contribution >= 4 is 5.52 Å². The van der Waals surface area contributed by atoms with Crippen LogP contribution >= 0.6 is 0 Å². The first-order chi connectivity index (χ1) is 8.66. The zero-order valence-electron chi connectivity index (χ0n) is 10.5. The number of aromatic nitrogens is 1. The lowest BCUT2D eigenvalue weighted by atomic mass is 10.0. The first-order valence-corrected chi connectivity index (χ1v) is 6.03. The highest BCUT2D eigenvalue weighted by Crippen LogP contribution is 2.31. The van der Waals surface area contributed by atoms with Gasteiger partial charge in [-0.15, -0.1) is 0 Å². The lowest BCUT2D eigenvalue weighted by Crippen LogP contribution is -1.87. The van der Waals surface area contributed by atoms with E-state index in [-0.39, 0.29) is 0 Å². The van der Waals surface area contributed by atoms with Crippen LogP contribution in [-0.2, 0) is 0 Å². The van der Waals surface area contributed by atoms with E-state index >= 15 is 0 Å². The summed E-state index contributed by atoms with van der Waals surface area (Å²) in [7, 11) is 0. The number of fused-ring (bicyclic) bond motifs is 1. The lowest BCUT2D eigenvalue weighted by Gasteiger charge is -2.06. The van der Waals surface area contributed by atoms with Gasteiger partial charge in [-0.3, -0.25) is 0 Å². The van der Waals surface area contributed by atoms with Gasteiger partial charge < -0.3 is 9.51 Å². The maximum Gasteiger partial charge on any atom is 0.115 e. The Kier molecular flexibility index (Phi) is 2.37. The van der Waals surface area contributed by atoms with Crippen molar-refractivity contribution in [2.24, 2.45) is 0 Å². The minimum Gasteiger partial charge on any atom is -0.508 e. The van der Waals surface area contributed by atoms with Gasteiger partial charge in [0, 0.05) is 23.0 Å². The summed E-state index contributed by atoms with van der Waals surface area (Å²) in [5.41, 5.74) is 5.90. The molecule has 2 heteroatoms. The third kappa shape index (κ3) is 1.58. The fraction of sp³-hybridized carbons (Fsp3) is 0.125. The van der Waals surface area contributed by atoms with Crippen molar-refractivity contribution in [1.29, 1.82) is 0 Å². The molecule has 0 aliphatic rings. The molecule has 0 amide bonds. The molecule has 1 N–H and O–H groups in total. The number of hydrogen-bond donors (Lipinski definition) is 1. The second-order valence-corrected chi connectivity index (χ2v) is 4.64. The van der Waals surface area contributed by atoms with Crippen LogP contribution < -0.4 is 0 Å². The molecule has 2 nitrogen and oxygen atoms in total. The summed E-state index contributed by atoms with van der Waals surface area (Å²) in [5.74, 6) is 0.317. The standard InChI is InChI=1S/C16H15NO/c1-11-9-14(18)6-7-15(11)16-10-13-5-3-4-8-17(13)12(16)2/h3-10,18H,1-2H3. The van der Waals surface area contributed by atoms with E-state index in [1.165, 1.54) is 22.3 Å². The summed E-state index contributed by atoms with van der Waals surface area (Å²) in [5, 5.41) is 9.49. The molecule has 0 aliphatic carbocycles. The molecule has 0 spiro atoms. The van der Waals surface area contributed by atoms with E-state index in [9.17, 15) is 5.11 Å². The maximum absolute atomic E-state index is 9.49. The zero-order chi connectivity index (χ0) is 12.7. The van der Waals surface area contributed by atoms with E-state index in [0.717, 1.165) is 5.56 Å². The first-order valence-electron chi connectivity index (χ1n) is 6.03. The van der Waals surface area contributed by atoms with Crippen molar-refractivity contribution < 1.29 is 5.11 Å². The molecule has 0 fully saturated rings. The van der Waals surface area contributed by atoms with Gasteiger partial charge in [-0.25, -0.2) is 0 Å². The number of phenolic OH excluding ortho intramolecular Hbond substituents is 1. The Hall–Kier alpha value is -2.22. The van der Waals surface area contributed by atoms with Crippen LogP contribution in [-0.4, -0.2) is 9.51 Å². The van der Waals surface area contributed by atoms with E-state index in [0.29, 0.717) is 5.75 Å². The molecule has 0 bridgehead atoms. The normalized spacial score (nSPS) is 11.0. The van der Waals surface area contributed by atoms with Crippen LogP contribution in [0.2, 0.25) is 0 Å². The highest BCUT2D eigenvalue weighted by atomic mass is 16.3. The number of pyridine rings is 1. The second kappa shape index (κ2) is 3.91. The van der Waals surface area contributed by atoms with E-state index in [4.69, 9.17) is 0 Å². The molecule has 3 aromatic rings. The number of phenols is 1. The topological polar surface area (TPSA) is 24.6 Å². The molecule has 3 rings (SSSR count). The van der Waals surface area contributed by atoms with Crippen molar-refractivity contribution in [3.05, 3.63) is 59.9 Å². The minimum atomic E-state index is 0.317. The maximum atomic E-state index is 9.49. The van der Waals surface area contributed by atoms with Crippen molar-refractivity contribution in [3.63, 3.8) is 0 Å². The summed E-state index contributed by atoms with van der Waals surface area (Å²) in [6.07, 6.45) is 2.07. The smallest absolute Gasteiger partial charge is 0.115 e. The van der Waals surface area contributed by atoms with Gasteiger partial charge in [-0.05, 0) is 55.3 Å². The Bertz CT molecular complexity index is 725. The van der Waals surface area contributed by atoms with Crippen LogP contribution in [0.15, 0.2) is 48.7 Å². The Morgan fingerprint density at radius 1 is 0.944 bits per heavy atom. The van der Waals surface area contributed by atoms with Crippen LogP contribution in [0.25, 0.3) is 16.6 Å². The van der Waals surface area contributed by atoms with Gasteiger partial charge in [-0.2, -0.15) is 0 Å². The Balaban J connectivity index is 2.28. The zero-order valence-corrected chi connectivity index (χ0v) is 10.5. The van der Waals surface area contributed by atoms with Crippen LogP contribution in [0.5, 0.6) is 5.75 Å². The molecular weight excluding hydrogens is 222 g/mol. The van der Waals surface area contributed by atoms with Gasteiger partial charge >= 0.3 is 0 Å². The SMILES string of the molecule is Cc1cc(O)ccc1-c1cc2ccccn2c1C. The molecule has 2 aromatic heterocycles. The Morgan fingerprint density at radius 2 is 1.78 bits per heavy atom. The minimum absolute atomic E-state index is 0.317. The average Bonchev–Trinajstić information content (AvgIpc) is 2.68. The van der Waals surface area contributed by atoms with Gasteiger partial charge in [0.05, 0.1) is 0 Å². The third-order valence-corrected chi connectivity index (χ3v) is 3.43. The second-order valence-electron chi connectivity index (χ2n) is 4.64. The van der Waals surface area contributed by atoms with Gasteiger partial charge in [0.1, 0.15) is 5.75 Å². The van der Waals surface area contributed by atoms with Crippen molar-refractivity contribution in [2.45, 2.75) is 13.8 Å². The largest absolute Gasteiger partial charge is 0.508 e. The summed E-state index contributed by atoms with van der Waals surface area (Å²) in [4.78, 5) is 0. The van der Waals surface area contributed by atoms with Crippen molar-refractivity contribution in [1.82, 2.24) is 4.40 Å². The molecule has 90 valence electrons. The Labute approximate surface area is 106 Å². The monoisotopic (exact) mass is 237 g/mol. The summed E-state index contributed by atoms with van der Waals surface area (Å²) in [6.45, 7) is 4.14. The average molecular weight is 237 g/mol. The van der Waals surface area contributed by atoms with Gasteiger partial charge in [0.2, 0.25) is 0 Å². The number of benzene rings is 1. The molecule has 1 aromatic carbocycles. The molecule has 0 radical (unpaired) electrons. The number of aromatic hydroxyl groups is 1. The Morgan fingerprint density at radius 3 is 2.50 bits per heavy atom. The number of nitrogens with zero attached hydrogens (tertiary/aromatic N) is 1.